The van der Waals surface area contributed by atoms with Gasteiger partial charge in [0.25, 0.3) is 0 Å². The van der Waals surface area contributed by atoms with Gasteiger partial charge >= 0.3 is 0 Å². The van der Waals surface area contributed by atoms with Crippen molar-refractivity contribution in [2.24, 2.45) is 5.73 Å². The highest BCUT2D eigenvalue weighted by Crippen LogP contribution is 2.29. The first kappa shape index (κ1) is 33.8. The highest BCUT2D eigenvalue weighted by atomic mass is 16.5. The van der Waals surface area contributed by atoms with E-state index in [2.05, 4.69) is 71.4 Å². The normalized spacial score (nSPS) is 13.9. The second-order valence-electron chi connectivity index (χ2n) is 9.04. The summed E-state index contributed by atoms with van der Waals surface area (Å²) in [6.45, 7) is 19.4. The Labute approximate surface area is 250 Å². The Hall–Kier alpha value is -4.37. The summed E-state index contributed by atoms with van der Waals surface area (Å²) in [6, 6.07) is 13.7. The molecule has 1 aliphatic rings. The number of rotatable bonds is 7. The van der Waals surface area contributed by atoms with Crippen LogP contribution in [0.5, 0.6) is 5.88 Å². The molecule has 4 heterocycles. The van der Waals surface area contributed by atoms with E-state index in [1.54, 1.807) is 19.4 Å². The van der Waals surface area contributed by atoms with E-state index in [0.29, 0.717) is 29.8 Å². The number of carbonyl (C=O) groups is 1. The molecule has 5 rings (SSSR count). The summed E-state index contributed by atoms with van der Waals surface area (Å²) in [5, 5.41) is 9.00. The summed E-state index contributed by atoms with van der Waals surface area (Å²) >= 11 is 0. The van der Waals surface area contributed by atoms with Crippen molar-refractivity contribution in [1.82, 2.24) is 29.6 Å². The van der Waals surface area contributed by atoms with Crippen LogP contribution in [0, 0.1) is 13.8 Å². The number of ether oxygens (including phenoxy) is 1. The molecule has 224 valence electrons. The molecular weight excluding hydrogens is 526 g/mol. The topological polar surface area (TPSA) is 112 Å². The third-order valence-corrected chi connectivity index (χ3v) is 6.86. The Bertz CT molecular complexity index is 1400. The van der Waals surface area contributed by atoms with Gasteiger partial charge in [-0.25, -0.2) is 4.98 Å². The van der Waals surface area contributed by atoms with E-state index in [9.17, 15) is 4.79 Å². The lowest BCUT2D eigenvalue weighted by molar-refractivity contribution is -0.122. The number of carbonyl (C=O) groups excluding carboxylic acids is 1. The van der Waals surface area contributed by atoms with Crippen molar-refractivity contribution in [3.63, 3.8) is 0 Å². The lowest BCUT2D eigenvalue weighted by atomic mass is 9.98. The average molecular weight is 572 g/mol. The number of aromatic nitrogens is 5. The lowest BCUT2D eigenvalue weighted by Crippen LogP contribution is -2.40. The van der Waals surface area contributed by atoms with Crippen LogP contribution in [0.2, 0.25) is 0 Å². The van der Waals surface area contributed by atoms with Crippen molar-refractivity contribution >= 4 is 5.91 Å². The summed E-state index contributed by atoms with van der Waals surface area (Å²) in [6.07, 6.45) is 5.25. The fourth-order valence-electron chi connectivity index (χ4n) is 4.75. The van der Waals surface area contributed by atoms with Gasteiger partial charge in [0.15, 0.2) is 11.6 Å². The monoisotopic (exact) mass is 571 g/mol. The molecule has 1 unspecified atom stereocenters. The van der Waals surface area contributed by atoms with E-state index in [4.69, 9.17) is 15.5 Å². The van der Waals surface area contributed by atoms with Crippen molar-refractivity contribution in [2.45, 2.75) is 67.0 Å². The molecule has 1 amide bonds. The molecule has 0 bridgehead atoms. The van der Waals surface area contributed by atoms with E-state index in [0.717, 1.165) is 36.2 Å². The molecule has 0 saturated carbocycles. The first-order chi connectivity index (χ1) is 20.5. The van der Waals surface area contributed by atoms with Gasteiger partial charge in [-0.05, 0) is 62.1 Å². The minimum atomic E-state index is -0.311. The summed E-state index contributed by atoms with van der Waals surface area (Å²) in [4.78, 5) is 23.1. The minimum absolute atomic E-state index is 0.303. The van der Waals surface area contributed by atoms with Gasteiger partial charge < -0.3 is 10.5 Å². The SMILES string of the molecule is C=C.CC.CC.COc1ccc(-n2c(CN3CCCC3C(N)=O)nnc2-c2ccc(-c3cccc(C)c3C)cn2)cn1. The highest BCUT2D eigenvalue weighted by Gasteiger charge is 2.31. The maximum atomic E-state index is 12.0. The molecule has 1 aromatic carbocycles. The number of likely N-dealkylation sites (tertiary alicyclic amines) is 1. The van der Waals surface area contributed by atoms with Gasteiger partial charge in [-0.3, -0.25) is 19.2 Å². The molecule has 42 heavy (non-hydrogen) atoms. The van der Waals surface area contributed by atoms with Crippen LogP contribution < -0.4 is 10.5 Å². The molecular formula is C33H45N7O2. The molecule has 0 aliphatic carbocycles. The maximum Gasteiger partial charge on any atom is 0.234 e. The molecule has 9 heteroatoms. The van der Waals surface area contributed by atoms with Crippen molar-refractivity contribution in [1.29, 1.82) is 0 Å². The Kier molecular flexibility index (Phi) is 13.5. The number of pyridine rings is 2. The predicted molar refractivity (Wildman–Crippen MR) is 170 cm³/mol. The highest BCUT2D eigenvalue weighted by molar-refractivity contribution is 5.80. The van der Waals surface area contributed by atoms with Crippen LogP contribution in [-0.4, -0.2) is 55.2 Å². The molecule has 1 atom stereocenters. The quantitative estimate of drug-likeness (QED) is 0.258. The van der Waals surface area contributed by atoms with Crippen LogP contribution in [0.4, 0.5) is 0 Å². The number of aryl methyl sites for hydroxylation is 1. The minimum Gasteiger partial charge on any atom is -0.481 e. The summed E-state index contributed by atoms with van der Waals surface area (Å²) in [5.74, 6) is 1.48. The molecule has 2 N–H and O–H groups in total. The second kappa shape index (κ2) is 16.8. The van der Waals surface area contributed by atoms with Crippen LogP contribution in [0.3, 0.4) is 0 Å². The Morgan fingerprint density at radius 2 is 1.74 bits per heavy atom. The van der Waals surface area contributed by atoms with Gasteiger partial charge in [0, 0.05) is 17.8 Å². The largest absolute Gasteiger partial charge is 0.481 e. The number of primary amides is 1. The number of nitrogens with two attached hydrogens (primary N) is 1. The Morgan fingerprint density at radius 1 is 1.00 bits per heavy atom. The molecule has 0 spiro atoms. The third-order valence-electron chi connectivity index (χ3n) is 6.86. The van der Waals surface area contributed by atoms with Crippen LogP contribution >= 0.6 is 0 Å². The van der Waals surface area contributed by atoms with Gasteiger partial charge in [-0.15, -0.1) is 23.4 Å². The van der Waals surface area contributed by atoms with Crippen LogP contribution in [-0.2, 0) is 11.3 Å². The molecule has 4 aromatic rings. The Morgan fingerprint density at radius 3 is 2.33 bits per heavy atom. The lowest BCUT2D eigenvalue weighted by Gasteiger charge is -2.21. The molecule has 1 fully saturated rings. The summed E-state index contributed by atoms with van der Waals surface area (Å²) in [7, 11) is 1.58. The first-order valence-corrected chi connectivity index (χ1v) is 14.5. The van der Waals surface area contributed by atoms with Crippen molar-refractivity contribution < 1.29 is 9.53 Å². The molecule has 1 aliphatic heterocycles. The van der Waals surface area contributed by atoms with Gasteiger partial charge in [0.05, 0.1) is 31.6 Å². The summed E-state index contributed by atoms with van der Waals surface area (Å²) < 4.78 is 7.16. The van der Waals surface area contributed by atoms with Crippen LogP contribution in [0.25, 0.3) is 28.3 Å². The number of benzene rings is 1. The number of nitrogens with zero attached hydrogens (tertiary/aromatic N) is 6. The zero-order valence-electron chi connectivity index (χ0n) is 26.1. The van der Waals surface area contributed by atoms with Crippen LogP contribution in [0.1, 0.15) is 57.5 Å². The summed E-state index contributed by atoms with van der Waals surface area (Å²) in [5.41, 5.74) is 11.8. The second-order valence-corrected chi connectivity index (χ2v) is 9.04. The van der Waals surface area contributed by atoms with Gasteiger partial charge in [-0.2, -0.15) is 0 Å². The smallest absolute Gasteiger partial charge is 0.234 e. The maximum absolute atomic E-state index is 12.0. The van der Waals surface area contributed by atoms with Crippen molar-refractivity contribution in [2.75, 3.05) is 13.7 Å². The van der Waals surface area contributed by atoms with Gasteiger partial charge in [0.1, 0.15) is 5.69 Å². The molecule has 0 radical (unpaired) electrons. The van der Waals surface area contributed by atoms with E-state index in [1.165, 1.54) is 11.1 Å². The van der Waals surface area contributed by atoms with E-state index < -0.39 is 0 Å². The van der Waals surface area contributed by atoms with Gasteiger partial charge in [0.2, 0.25) is 11.8 Å². The van der Waals surface area contributed by atoms with Crippen LogP contribution in [0.15, 0.2) is 68.0 Å². The van der Waals surface area contributed by atoms with Crippen molar-refractivity contribution in [3.8, 4) is 34.2 Å². The van der Waals surface area contributed by atoms with Gasteiger partial charge in [-0.1, -0.05) is 52.0 Å². The van der Waals surface area contributed by atoms with E-state index in [1.807, 2.05) is 50.6 Å². The Balaban J connectivity index is 0.000000966. The third kappa shape index (κ3) is 7.67. The van der Waals surface area contributed by atoms with E-state index in [-0.39, 0.29) is 11.9 Å². The molecule has 3 aromatic heterocycles. The van der Waals surface area contributed by atoms with E-state index >= 15 is 0 Å². The number of hydrogen-bond donors (Lipinski definition) is 1. The fourth-order valence-corrected chi connectivity index (χ4v) is 4.75. The fraction of sp³-hybridized carbons (Fsp3) is 0.364. The average Bonchev–Trinajstić information content (AvgIpc) is 3.69. The van der Waals surface area contributed by atoms with Crippen molar-refractivity contribution in [3.05, 3.63) is 85.0 Å². The number of amides is 1. The standard InChI is InChI=1S/C27H29N7O2.2C2H6.C2H4/c1-17-6-4-7-21(18(17)2)19-9-11-22(29-14-19)27-32-31-24(16-33-13-5-8-23(33)26(28)35)34(27)20-10-12-25(36-3)30-15-20;3*1-2/h4,6-7,9-12,14-15,23H,5,8,13,16H2,1-3H3,(H2,28,35);2*1-2H3;1-2H2. The zero-order chi connectivity index (χ0) is 31.2. The number of hydrogen-bond acceptors (Lipinski definition) is 7. The zero-order valence-corrected chi connectivity index (χ0v) is 26.1. The predicted octanol–water partition coefficient (Wildman–Crippen LogP) is 6.32. The first-order valence-electron chi connectivity index (χ1n) is 14.5. The molecule has 1 saturated heterocycles. The molecule has 9 nitrogen and oxygen atoms in total. The number of methoxy groups -OCH3 is 1.